The summed E-state index contributed by atoms with van der Waals surface area (Å²) in [5, 5.41) is 5.02. The van der Waals surface area contributed by atoms with Crippen molar-refractivity contribution < 1.29 is 23.9 Å². The van der Waals surface area contributed by atoms with E-state index in [9.17, 15) is 19.2 Å². The lowest BCUT2D eigenvalue weighted by molar-refractivity contribution is -0.120. The first-order chi connectivity index (χ1) is 16.4. The van der Waals surface area contributed by atoms with Crippen LogP contribution in [0.15, 0.2) is 77.7 Å². The van der Waals surface area contributed by atoms with Crippen LogP contribution in [0, 0.1) is 6.92 Å². The monoisotopic (exact) mass is 474 g/mol. The van der Waals surface area contributed by atoms with E-state index in [2.05, 4.69) is 10.6 Å². The predicted octanol–water partition coefficient (Wildman–Crippen LogP) is 4.48. The molecule has 8 heteroatoms. The van der Waals surface area contributed by atoms with Crippen LogP contribution in [-0.4, -0.2) is 35.4 Å². The Bertz CT molecular complexity index is 1240. The molecule has 0 saturated carbocycles. The van der Waals surface area contributed by atoms with E-state index in [0.29, 0.717) is 11.3 Å². The first-order valence-electron chi connectivity index (χ1n) is 10.6. The molecule has 172 valence electrons. The SMILES string of the molecule is Cc1ccc(C(=O)COC(=O)c2ccc(NC(=O)CC3Sc4ccccc4NC3=O)cc2)cc1. The lowest BCUT2D eigenvalue weighted by Gasteiger charge is -2.23. The van der Waals surface area contributed by atoms with Gasteiger partial charge in [-0.15, -0.1) is 11.8 Å². The zero-order chi connectivity index (χ0) is 24.1. The number of carbonyl (C=O) groups is 4. The second kappa shape index (κ2) is 10.4. The Morgan fingerprint density at radius 3 is 2.35 bits per heavy atom. The van der Waals surface area contributed by atoms with Gasteiger partial charge in [-0.25, -0.2) is 4.79 Å². The molecule has 0 radical (unpaired) electrons. The molecule has 34 heavy (non-hydrogen) atoms. The zero-order valence-corrected chi connectivity index (χ0v) is 19.2. The van der Waals surface area contributed by atoms with E-state index >= 15 is 0 Å². The Hall–Kier alpha value is -3.91. The number of fused-ring (bicyclic) bond motifs is 1. The second-order valence-electron chi connectivity index (χ2n) is 7.79. The molecule has 7 nitrogen and oxygen atoms in total. The van der Waals surface area contributed by atoms with Gasteiger partial charge >= 0.3 is 5.97 Å². The van der Waals surface area contributed by atoms with Crippen molar-refractivity contribution in [3.63, 3.8) is 0 Å². The van der Waals surface area contributed by atoms with Crippen LogP contribution >= 0.6 is 11.8 Å². The summed E-state index contributed by atoms with van der Waals surface area (Å²) in [6.45, 7) is 1.57. The number of hydrogen-bond donors (Lipinski definition) is 2. The van der Waals surface area contributed by atoms with Crippen LogP contribution in [0.1, 0.15) is 32.7 Å². The number of ether oxygens (including phenoxy) is 1. The second-order valence-corrected chi connectivity index (χ2v) is 9.03. The van der Waals surface area contributed by atoms with Gasteiger partial charge in [-0.2, -0.15) is 0 Å². The number of ketones is 1. The third-order valence-electron chi connectivity index (χ3n) is 5.19. The maximum absolute atomic E-state index is 12.5. The van der Waals surface area contributed by atoms with Crippen molar-refractivity contribution in [1.82, 2.24) is 0 Å². The lowest BCUT2D eigenvalue weighted by atomic mass is 10.1. The average molecular weight is 475 g/mol. The molecule has 1 atom stereocenters. The number of thioether (sulfide) groups is 1. The van der Waals surface area contributed by atoms with E-state index in [-0.39, 0.29) is 36.2 Å². The van der Waals surface area contributed by atoms with E-state index in [1.54, 1.807) is 24.3 Å². The Kier molecular flexibility index (Phi) is 7.08. The summed E-state index contributed by atoms with van der Waals surface area (Å²) < 4.78 is 5.11. The van der Waals surface area contributed by atoms with Gasteiger partial charge < -0.3 is 15.4 Å². The van der Waals surface area contributed by atoms with E-state index in [1.807, 2.05) is 43.3 Å². The number of rotatable bonds is 7. The number of hydrogen-bond acceptors (Lipinski definition) is 6. The quantitative estimate of drug-likeness (QED) is 0.387. The molecule has 3 aromatic carbocycles. The normalized spacial score (nSPS) is 14.5. The Morgan fingerprint density at radius 2 is 1.62 bits per heavy atom. The standard InChI is InChI=1S/C26H22N2O5S/c1-16-6-8-17(9-7-16)21(29)15-33-26(32)18-10-12-19(13-11-18)27-24(30)14-23-25(31)28-20-4-2-3-5-22(20)34-23/h2-13,23H,14-15H2,1H3,(H,27,30)(H,28,31). The molecule has 0 aliphatic carbocycles. The first kappa shape index (κ1) is 23.3. The van der Waals surface area contributed by atoms with Gasteiger partial charge in [0.15, 0.2) is 12.4 Å². The fraction of sp³-hybridized carbons (Fsp3) is 0.154. The minimum atomic E-state index is -0.632. The summed E-state index contributed by atoms with van der Waals surface area (Å²) in [6.07, 6.45) is 0.00967. The van der Waals surface area contributed by atoms with Crippen molar-refractivity contribution in [2.75, 3.05) is 17.2 Å². The number of esters is 1. The van der Waals surface area contributed by atoms with E-state index in [0.717, 1.165) is 16.1 Å². The Labute approximate surface area is 200 Å². The summed E-state index contributed by atoms with van der Waals surface area (Å²) in [7, 11) is 0. The van der Waals surface area contributed by atoms with Gasteiger partial charge in [-0.1, -0.05) is 42.0 Å². The maximum Gasteiger partial charge on any atom is 0.338 e. The molecule has 1 unspecified atom stereocenters. The van der Waals surface area contributed by atoms with Gasteiger partial charge in [-0.05, 0) is 43.3 Å². The molecule has 1 heterocycles. The predicted molar refractivity (Wildman–Crippen MR) is 130 cm³/mol. The number of carbonyl (C=O) groups excluding carboxylic acids is 4. The number of aryl methyl sites for hydroxylation is 1. The summed E-state index contributed by atoms with van der Waals surface area (Å²) >= 11 is 1.36. The van der Waals surface area contributed by atoms with Crippen molar-refractivity contribution >= 4 is 46.7 Å². The van der Waals surface area contributed by atoms with Gasteiger partial charge in [0.2, 0.25) is 11.8 Å². The highest BCUT2D eigenvalue weighted by Gasteiger charge is 2.28. The highest BCUT2D eigenvalue weighted by atomic mass is 32.2. The van der Waals surface area contributed by atoms with Crippen molar-refractivity contribution in [3.05, 3.63) is 89.5 Å². The van der Waals surface area contributed by atoms with Crippen LogP contribution in [0.2, 0.25) is 0 Å². The molecular weight excluding hydrogens is 452 g/mol. The molecule has 0 fully saturated rings. The first-order valence-corrected chi connectivity index (χ1v) is 11.5. The van der Waals surface area contributed by atoms with E-state index in [1.165, 1.54) is 23.9 Å². The molecule has 0 spiro atoms. The summed E-state index contributed by atoms with van der Waals surface area (Å²) in [5.74, 6) is -1.44. The van der Waals surface area contributed by atoms with Gasteiger partial charge in [0.25, 0.3) is 0 Å². The summed E-state index contributed by atoms with van der Waals surface area (Å²) in [6, 6.07) is 20.6. The fourth-order valence-corrected chi connectivity index (χ4v) is 4.44. The Balaban J connectivity index is 1.28. The van der Waals surface area contributed by atoms with Crippen LogP contribution in [0.3, 0.4) is 0 Å². The van der Waals surface area contributed by atoms with Gasteiger partial charge in [0, 0.05) is 22.6 Å². The number of anilines is 2. The third kappa shape index (κ3) is 5.71. The number of nitrogens with one attached hydrogen (secondary N) is 2. The fourth-order valence-electron chi connectivity index (χ4n) is 3.33. The van der Waals surface area contributed by atoms with Crippen LogP contribution in [0.5, 0.6) is 0 Å². The molecule has 2 N–H and O–H groups in total. The third-order valence-corrected chi connectivity index (χ3v) is 6.46. The molecule has 2 amide bonds. The average Bonchev–Trinajstić information content (AvgIpc) is 2.83. The van der Waals surface area contributed by atoms with Crippen molar-refractivity contribution in [3.8, 4) is 0 Å². The van der Waals surface area contributed by atoms with Crippen molar-refractivity contribution in [2.24, 2.45) is 0 Å². The topological polar surface area (TPSA) is 102 Å². The molecule has 0 aromatic heterocycles. The highest BCUT2D eigenvalue weighted by Crippen LogP contribution is 2.36. The summed E-state index contributed by atoms with van der Waals surface area (Å²) in [4.78, 5) is 50.1. The number of benzene rings is 3. The molecule has 0 bridgehead atoms. The van der Waals surface area contributed by atoms with Crippen molar-refractivity contribution in [2.45, 2.75) is 23.5 Å². The van der Waals surface area contributed by atoms with Crippen LogP contribution in [-0.2, 0) is 14.3 Å². The number of para-hydroxylation sites is 1. The van der Waals surface area contributed by atoms with Crippen LogP contribution in [0.25, 0.3) is 0 Å². The van der Waals surface area contributed by atoms with E-state index < -0.39 is 11.2 Å². The minimum absolute atomic E-state index is 0.00967. The molecular formula is C26H22N2O5S. The van der Waals surface area contributed by atoms with Crippen LogP contribution in [0.4, 0.5) is 11.4 Å². The van der Waals surface area contributed by atoms with Crippen LogP contribution < -0.4 is 10.6 Å². The zero-order valence-electron chi connectivity index (χ0n) is 18.4. The lowest BCUT2D eigenvalue weighted by Crippen LogP contribution is -2.32. The molecule has 1 aliphatic rings. The van der Waals surface area contributed by atoms with Gasteiger partial charge in [0.05, 0.1) is 16.5 Å². The maximum atomic E-state index is 12.5. The highest BCUT2D eigenvalue weighted by molar-refractivity contribution is 8.01. The van der Waals surface area contributed by atoms with Gasteiger partial charge in [0.1, 0.15) is 0 Å². The minimum Gasteiger partial charge on any atom is -0.454 e. The number of Topliss-reactive ketones (excluding diaryl/α,β-unsaturated/α-hetero) is 1. The molecule has 4 rings (SSSR count). The summed E-state index contributed by atoms with van der Waals surface area (Å²) in [5.41, 5.74) is 3.00. The molecule has 1 aliphatic heterocycles. The Morgan fingerprint density at radius 1 is 0.941 bits per heavy atom. The molecule has 0 saturated heterocycles. The van der Waals surface area contributed by atoms with Gasteiger partial charge in [-0.3, -0.25) is 14.4 Å². The molecule has 3 aromatic rings. The van der Waals surface area contributed by atoms with E-state index in [4.69, 9.17) is 4.74 Å². The smallest absolute Gasteiger partial charge is 0.338 e. The largest absolute Gasteiger partial charge is 0.454 e. The number of amides is 2. The van der Waals surface area contributed by atoms with Crippen molar-refractivity contribution in [1.29, 1.82) is 0 Å².